The highest BCUT2D eigenvalue weighted by molar-refractivity contribution is 5.82. The minimum absolute atomic E-state index is 0.104. The first kappa shape index (κ1) is 17.2. The van der Waals surface area contributed by atoms with Crippen LogP contribution in [0.25, 0.3) is 0 Å². The molecule has 2 heterocycles. The summed E-state index contributed by atoms with van der Waals surface area (Å²) in [7, 11) is 0. The zero-order valence-corrected chi connectivity index (χ0v) is 14.3. The Kier molecular flexibility index (Phi) is 5.91. The van der Waals surface area contributed by atoms with Crippen LogP contribution in [0, 0.1) is 11.3 Å². The van der Waals surface area contributed by atoms with E-state index in [1.54, 1.807) is 0 Å². The molecule has 1 aromatic heterocycles. The maximum absolute atomic E-state index is 12.4. The summed E-state index contributed by atoms with van der Waals surface area (Å²) in [6.07, 6.45) is 3.35. The molecule has 0 saturated carbocycles. The fraction of sp³-hybridized carbons (Fsp3) is 0.647. The van der Waals surface area contributed by atoms with Gasteiger partial charge in [0.25, 0.3) is 0 Å². The smallest absolute Gasteiger partial charge is 0.242 e. The summed E-state index contributed by atoms with van der Waals surface area (Å²) in [5, 5.41) is 18.2. The second-order valence-electron chi connectivity index (χ2n) is 5.80. The summed E-state index contributed by atoms with van der Waals surface area (Å²) >= 11 is 0. The van der Waals surface area contributed by atoms with Crippen LogP contribution >= 0.6 is 0 Å². The third kappa shape index (κ3) is 3.61. The number of nitrogens with zero attached hydrogens (tertiary/aromatic N) is 5. The summed E-state index contributed by atoms with van der Waals surface area (Å²) in [5.74, 6) is 0.668. The molecule has 0 spiro atoms. The van der Waals surface area contributed by atoms with Crippen LogP contribution in [0.2, 0.25) is 0 Å². The van der Waals surface area contributed by atoms with Crippen molar-refractivity contribution >= 4 is 11.7 Å². The van der Waals surface area contributed by atoms with Gasteiger partial charge in [0, 0.05) is 19.6 Å². The fourth-order valence-corrected chi connectivity index (χ4v) is 3.11. The van der Waals surface area contributed by atoms with E-state index in [1.807, 2.05) is 23.6 Å². The van der Waals surface area contributed by atoms with Gasteiger partial charge in [-0.2, -0.15) is 10.4 Å². The first-order valence-corrected chi connectivity index (χ1v) is 8.47. The quantitative estimate of drug-likeness (QED) is 0.830. The van der Waals surface area contributed by atoms with Crippen LogP contribution in [-0.2, 0) is 17.6 Å². The van der Waals surface area contributed by atoms with Crippen molar-refractivity contribution in [2.24, 2.45) is 0 Å². The van der Waals surface area contributed by atoms with E-state index in [0.29, 0.717) is 11.4 Å². The Morgan fingerprint density at radius 2 is 1.96 bits per heavy atom. The molecule has 0 bridgehead atoms. The third-order valence-corrected chi connectivity index (χ3v) is 4.27. The lowest BCUT2D eigenvalue weighted by Crippen LogP contribution is -2.37. The zero-order valence-electron chi connectivity index (χ0n) is 14.3. The molecule has 0 aliphatic carbocycles. The lowest BCUT2D eigenvalue weighted by Gasteiger charge is -2.23. The lowest BCUT2D eigenvalue weighted by molar-refractivity contribution is -0.129. The Hall–Kier alpha value is -2.16. The number of nitriles is 1. The van der Waals surface area contributed by atoms with Gasteiger partial charge in [-0.1, -0.05) is 20.8 Å². The fourth-order valence-electron chi connectivity index (χ4n) is 3.11. The number of carbonyl (C=O) groups excluding carboxylic acids is 1. The number of aryl methyl sites for hydroxylation is 1. The highest BCUT2D eigenvalue weighted by Gasteiger charge is 2.25. The lowest BCUT2D eigenvalue weighted by atomic mass is 10.0. The monoisotopic (exact) mass is 315 g/mol. The third-order valence-electron chi connectivity index (χ3n) is 4.27. The van der Waals surface area contributed by atoms with Gasteiger partial charge in [-0.15, -0.1) is 5.10 Å². The average molecular weight is 315 g/mol. The Labute approximate surface area is 138 Å². The molecule has 0 N–H and O–H groups in total. The molecule has 0 atom stereocenters. The summed E-state index contributed by atoms with van der Waals surface area (Å²) in [4.78, 5) is 16.2. The average Bonchev–Trinajstić information content (AvgIpc) is 2.75. The van der Waals surface area contributed by atoms with Crippen LogP contribution in [0.3, 0.4) is 0 Å². The Bertz CT molecular complexity index is 608. The van der Waals surface area contributed by atoms with Crippen molar-refractivity contribution in [1.29, 1.82) is 5.26 Å². The molecule has 1 aliphatic rings. The van der Waals surface area contributed by atoms with Crippen LogP contribution in [0.1, 0.15) is 50.4 Å². The normalized spacial score (nSPS) is 15.5. The molecular formula is C17H25N5O. The van der Waals surface area contributed by atoms with Gasteiger partial charge < -0.3 is 9.80 Å². The van der Waals surface area contributed by atoms with E-state index in [1.165, 1.54) is 0 Å². The summed E-state index contributed by atoms with van der Waals surface area (Å²) in [6.45, 7) is 8.68. The van der Waals surface area contributed by atoms with E-state index in [9.17, 15) is 10.1 Å². The Balaban J connectivity index is 2.35. The largest absolute Gasteiger partial charge is 0.345 e. The second kappa shape index (κ2) is 7.91. The van der Waals surface area contributed by atoms with Crippen molar-refractivity contribution in [3.8, 4) is 6.07 Å². The number of aromatic nitrogens is 2. The standard InChI is InChI=1S/C17H25N5O/c1-4-8-21-9-7-10-22(12-16(21)23)17-14(11-18)13(5-2)15(6-3)19-20-17/h4-10,12H2,1-3H3. The summed E-state index contributed by atoms with van der Waals surface area (Å²) < 4.78 is 0. The number of anilines is 1. The van der Waals surface area contributed by atoms with Gasteiger partial charge in [-0.05, 0) is 31.2 Å². The minimum Gasteiger partial charge on any atom is -0.345 e. The maximum Gasteiger partial charge on any atom is 0.242 e. The molecule has 6 nitrogen and oxygen atoms in total. The first-order chi connectivity index (χ1) is 11.2. The number of hydrogen-bond donors (Lipinski definition) is 0. The van der Waals surface area contributed by atoms with Gasteiger partial charge in [0.15, 0.2) is 5.82 Å². The number of hydrogen-bond acceptors (Lipinski definition) is 5. The second-order valence-corrected chi connectivity index (χ2v) is 5.80. The highest BCUT2D eigenvalue weighted by Crippen LogP contribution is 2.24. The van der Waals surface area contributed by atoms with Crippen LogP contribution in [0.4, 0.5) is 5.82 Å². The predicted octanol–water partition coefficient (Wildman–Crippen LogP) is 1.92. The molecule has 0 unspecified atom stereocenters. The van der Waals surface area contributed by atoms with E-state index < -0.39 is 0 Å². The van der Waals surface area contributed by atoms with E-state index in [0.717, 1.165) is 56.6 Å². The highest BCUT2D eigenvalue weighted by atomic mass is 16.2. The van der Waals surface area contributed by atoms with Crippen LogP contribution in [0.15, 0.2) is 0 Å². The molecule has 1 fully saturated rings. The molecule has 124 valence electrons. The van der Waals surface area contributed by atoms with Gasteiger partial charge in [-0.3, -0.25) is 4.79 Å². The molecule has 2 rings (SSSR count). The number of amides is 1. The van der Waals surface area contributed by atoms with Crippen LogP contribution in [0.5, 0.6) is 0 Å². The van der Waals surface area contributed by atoms with Gasteiger partial charge in [0.2, 0.25) is 5.91 Å². The molecule has 1 saturated heterocycles. The molecule has 23 heavy (non-hydrogen) atoms. The van der Waals surface area contributed by atoms with Crippen LogP contribution < -0.4 is 4.90 Å². The van der Waals surface area contributed by atoms with Crippen molar-refractivity contribution in [2.45, 2.75) is 46.5 Å². The van der Waals surface area contributed by atoms with Crippen molar-refractivity contribution in [2.75, 3.05) is 31.1 Å². The minimum atomic E-state index is 0.104. The van der Waals surface area contributed by atoms with Crippen molar-refractivity contribution in [3.63, 3.8) is 0 Å². The van der Waals surface area contributed by atoms with Crippen molar-refractivity contribution < 1.29 is 4.79 Å². The molecule has 1 amide bonds. The summed E-state index contributed by atoms with van der Waals surface area (Å²) in [5.41, 5.74) is 2.42. The SMILES string of the molecule is CCCN1CCCN(c2nnc(CC)c(CC)c2C#N)CC1=O. The molecule has 1 aliphatic heterocycles. The molecule has 1 aromatic rings. The molecular weight excluding hydrogens is 290 g/mol. The van der Waals surface area contributed by atoms with Crippen molar-refractivity contribution in [1.82, 2.24) is 15.1 Å². The van der Waals surface area contributed by atoms with Crippen LogP contribution in [-0.4, -0.2) is 47.2 Å². The first-order valence-electron chi connectivity index (χ1n) is 8.47. The van der Waals surface area contributed by atoms with E-state index in [2.05, 4.69) is 23.2 Å². The molecule has 6 heteroatoms. The Morgan fingerprint density at radius 1 is 1.17 bits per heavy atom. The molecule has 0 radical (unpaired) electrons. The Morgan fingerprint density at radius 3 is 2.57 bits per heavy atom. The predicted molar refractivity (Wildman–Crippen MR) is 89.2 cm³/mol. The van der Waals surface area contributed by atoms with E-state index >= 15 is 0 Å². The van der Waals surface area contributed by atoms with Gasteiger partial charge in [-0.25, -0.2) is 0 Å². The maximum atomic E-state index is 12.4. The van der Waals surface area contributed by atoms with Gasteiger partial charge in [0.1, 0.15) is 11.6 Å². The zero-order chi connectivity index (χ0) is 16.8. The topological polar surface area (TPSA) is 73.1 Å². The van der Waals surface area contributed by atoms with Gasteiger partial charge >= 0.3 is 0 Å². The number of carbonyl (C=O) groups is 1. The molecule has 0 aromatic carbocycles. The number of rotatable bonds is 5. The van der Waals surface area contributed by atoms with E-state index in [4.69, 9.17) is 0 Å². The summed E-state index contributed by atoms with van der Waals surface area (Å²) in [6, 6.07) is 2.29. The van der Waals surface area contributed by atoms with E-state index in [-0.39, 0.29) is 12.5 Å². The van der Waals surface area contributed by atoms with Crippen molar-refractivity contribution in [3.05, 3.63) is 16.8 Å². The van der Waals surface area contributed by atoms with Gasteiger partial charge in [0.05, 0.1) is 12.2 Å².